The molecule has 4 nitrogen and oxygen atoms in total. The molecular formula is C10H13F2NO3. The molecule has 0 unspecified atom stereocenters. The Kier molecular flexibility index (Phi) is 3.54. The third-order valence-electron chi connectivity index (χ3n) is 2.10. The van der Waals surface area contributed by atoms with E-state index in [0.29, 0.717) is 0 Å². The van der Waals surface area contributed by atoms with E-state index in [1.165, 1.54) is 13.2 Å². The summed E-state index contributed by atoms with van der Waals surface area (Å²) < 4.78 is 30.7. The second-order valence-electron chi connectivity index (χ2n) is 3.40. The largest absolute Gasteiger partial charge is 0.504 e. The highest BCUT2D eigenvalue weighted by Gasteiger charge is 2.28. The lowest BCUT2D eigenvalue weighted by atomic mass is 10.1. The molecule has 0 saturated carbocycles. The van der Waals surface area contributed by atoms with Gasteiger partial charge in [0.15, 0.2) is 11.5 Å². The molecule has 0 aliphatic rings. The van der Waals surface area contributed by atoms with Crippen molar-refractivity contribution in [3.05, 3.63) is 17.7 Å². The van der Waals surface area contributed by atoms with Gasteiger partial charge in [0.25, 0.3) is 5.92 Å². The highest BCUT2D eigenvalue weighted by atomic mass is 19.3. The summed E-state index contributed by atoms with van der Waals surface area (Å²) in [5, 5.41) is 18.6. The molecule has 0 amide bonds. The van der Waals surface area contributed by atoms with E-state index < -0.39 is 30.4 Å². The van der Waals surface area contributed by atoms with Crippen molar-refractivity contribution in [2.45, 2.75) is 12.3 Å². The summed E-state index contributed by atoms with van der Waals surface area (Å²) >= 11 is 0. The second-order valence-corrected chi connectivity index (χ2v) is 3.40. The van der Waals surface area contributed by atoms with Crippen LogP contribution in [0.4, 0.5) is 8.78 Å². The maximum absolute atomic E-state index is 13.0. The molecule has 4 N–H and O–H groups in total. The minimum atomic E-state index is -3.05. The van der Waals surface area contributed by atoms with E-state index >= 15 is 0 Å². The van der Waals surface area contributed by atoms with Gasteiger partial charge in [0, 0.05) is 6.42 Å². The Balaban J connectivity index is 3.03. The molecule has 0 radical (unpaired) electrons. The van der Waals surface area contributed by atoms with Gasteiger partial charge in [-0.05, 0) is 17.7 Å². The molecule has 90 valence electrons. The molecule has 0 spiro atoms. The molecule has 6 heteroatoms. The van der Waals surface area contributed by atoms with Crippen LogP contribution in [0.3, 0.4) is 0 Å². The van der Waals surface area contributed by atoms with Gasteiger partial charge in [0.2, 0.25) is 5.75 Å². The Hall–Kier alpha value is -1.56. The van der Waals surface area contributed by atoms with Gasteiger partial charge in [-0.3, -0.25) is 0 Å². The summed E-state index contributed by atoms with van der Waals surface area (Å²) in [5.74, 6) is -4.07. The Labute approximate surface area is 91.3 Å². The topological polar surface area (TPSA) is 75.7 Å². The monoisotopic (exact) mass is 233 g/mol. The van der Waals surface area contributed by atoms with Crippen LogP contribution in [0.1, 0.15) is 5.56 Å². The van der Waals surface area contributed by atoms with E-state index in [-0.39, 0.29) is 11.3 Å². The Morgan fingerprint density at radius 3 is 2.50 bits per heavy atom. The van der Waals surface area contributed by atoms with Gasteiger partial charge in [-0.25, -0.2) is 8.78 Å². The number of hydrogen-bond donors (Lipinski definition) is 3. The van der Waals surface area contributed by atoms with Gasteiger partial charge in [-0.2, -0.15) is 0 Å². The zero-order valence-electron chi connectivity index (χ0n) is 8.70. The first kappa shape index (κ1) is 12.5. The molecule has 0 fully saturated rings. The van der Waals surface area contributed by atoms with Gasteiger partial charge >= 0.3 is 0 Å². The summed E-state index contributed by atoms with van der Waals surface area (Å²) in [5.41, 5.74) is 5.04. The number of alkyl halides is 2. The van der Waals surface area contributed by atoms with Gasteiger partial charge in [0.05, 0.1) is 13.7 Å². The molecule has 1 aromatic rings. The van der Waals surface area contributed by atoms with Crippen molar-refractivity contribution in [2.75, 3.05) is 13.7 Å². The number of phenolic OH excluding ortho intramolecular Hbond substituents is 2. The van der Waals surface area contributed by atoms with Crippen LogP contribution in [0.2, 0.25) is 0 Å². The van der Waals surface area contributed by atoms with Crippen LogP contribution >= 0.6 is 0 Å². The maximum Gasteiger partial charge on any atom is 0.264 e. The predicted molar refractivity (Wildman–Crippen MR) is 54.0 cm³/mol. The number of rotatable bonds is 4. The van der Waals surface area contributed by atoms with E-state index in [0.717, 1.165) is 6.07 Å². The number of ether oxygens (including phenoxy) is 1. The molecule has 1 rings (SSSR count). The van der Waals surface area contributed by atoms with Gasteiger partial charge in [-0.15, -0.1) is 0 Å². The number of nitrogens with two attached hydrogens (primary N) is 1. The lowest BCUT2D eigenvalue weighted by molar-refractivity contribution is 0.0114. The lowest BCUT2D eigenvalue weighted by Crippen LogP contribution is -2.30. The van der Waals surface area contributed by atoms with E-state index in [1.54, 1.807) is 0 Å². The normalized spacial score (nSPS) is 11.5. The zero-order chi connectivity index (χ0) is 12.3. The molecule has 16 heavy (non-hydrogen) atoms. The summed E-state index contributed by atoms with van der Waals surface area (Å²) in [6.07, 6.45) is -0.617. The molecule has 0 atom stereocenters. The number of hydrogen-bond acceptors (Lipinski definition) is 4. The molecule has 0 aromatic heterocycles. The summed E-state index contributed by atoms with van der Waals surface area (Å²) in [6, 6.07) is 2.29. The number of benzene rings is 1. The van der Waals surface area contributed by atoms with Crippen molar-refractivity contribution in [3.63, 3.8) is 0 Å². The Morgan fingerprint density at radius 2 is 2.00 bits per heavy atom. The fourth-order valence-corrected chi connectivity index (χ4v) is 1.28. The minimum absolute atomic E-state index is 0.0529. The summed E-state index contributed by atoms with van der Waals surface area (Å²) in [4.78, 5) is 0. The molecule has 0 saturated heterocycles. The highest BCUT2D eigenvalue weighted by Crippen LogP contribution is 2.37. The van der Waals surface area contributed by atoms with Crippen molar-refractivity contribution >= 4 is 0 Å². The van der Waals surface area contributed by atoms with Crippen LogP contribution in [0.5, 0.6) is 17.2 Å². The fourth-order valence-electron chi connectivity index (χ4n) is 1.28. The molecule has 0 heterocycles. The Morgan fingerprint density at radius 1 is 1.38 bits per heavy atom. The molecular weight excluding hydrogens is 220 g/mol. The molecule has 0 aliphatic carbocycles. The van der Waals surface area contributed by atoms with Crippen LogP contribution in [0, 0.1) is 0 Å². The number of halogens is 2. The molecule has 0 bridgehead atoms. The number of methoxy groups -OCH3 is 1. The Bertz CT molecular complexity index is 383. The smallest absolute Gasteiger partial charge is 0.264 e. The maximum atomic E-state index is 13.0. The van der Waals surface area contributed by atoms with E-state index in [9.17, 15) is 19.0 Å². The van der Waals surface area contributed by atoms with E-state index in [2.05, 4.69) is 0 Å². The van der Waals surface area contributed by atoms with Crippen LogP contribution in [-0.2, 0) is 6.42 Å². The van der Waals surface area contributed by atoms with E-state index in [4.69, 9.17) is 10.5 Å². The average molecular weight is 233 g/mol. The third-order valence-corrected chi connectivity index (χ3v) is 2.10. The van der Waals surface area contributed by atoms with Crippen LogP contribution < -0.4 is 10.5 Å². The molecule has 1 aromatic carbocycles. The number of aromatic hydroxyl groups is 2. The zero-order valence-corrected chi connectivity index (χ0v) is 8.70. The number of phenols is 2. The van der Waals surface area contributed by atoms with Gasteiger partial charge < -0.3 is 20.7 Å². The predicted octanol–water partition coefficient (Wildman–Crippen LogP) is 1.24. The average Bonchev–Trinajstić information content (AvgIpc) is 2.22. The minimum Gasteiger partial charge on any atom is -0.504 e. The van der Waals surface area contributed by atoms with Crippen LogP contribution in [0.15, 0.2) is 12.1 Å². The van der Waals surface area contributed by atoms with Gasteiger partial charge in [-0.1, -0.05) is 0 Å². The third kappa shape index (κ3) is 2.73. The summed E-state index contributed by atoms with van der Waals surface area (Å²) in [7, 11) is 1.26. The van der Waals surface area contributed by atoms with E-state index in [1.807, 2.05) is 0 Å². The van der Waals surface area contributed by atoms with Crippen molar-refractivity contribution in [3.8, 4) is 17.2 Å². The quantitative estimate of drug-likeness (QED) is 0.684. The summed E-state index contributed by atoms with van der Waals surface area (Å²) in [6.45, 7) is -0.781. The van der Waals surface area contributed by atoms with Crippen molar-refractivity contribution < 1.29 is 23.7 Å². The highest BCUT2D eigenvalue weighted by molar-refractivity contribution is 5.52. The first-order valence-corrected chi connectivity index (χ1v) is 4.56. The lowest BCUT2D eigenvalue weighted by Gasteiger charge is -2.15. The molecule has 0 aliphatic heterocycles. The van der Waals surface area contributed by atoms with Gasteiger partial charge in [0.1, 0.15) is 0 Å². The fraction of sp³-hybridized carbons (Fsp3) is 0.400. The standard InChI is InChI=1S/C10H13F2NO3/c1-16-8-3-6(2-7(14)9(8)15)4-10(11,12)5-13/h2-3,14-15H,4-5,13H2,1H3. The first-order valence-electron chi connectivity index (χ1n) is 4.56. The van der Waals surface area contributed by atoms with Crippen LogP contribution in [0.25, 0.3) is 0 Å². The van der Waals surface area contributed by atoms with Crippen molar-refractivity contribution in [2.24, 2.45) is 5.73 Å². The SMILES string of the molecule is COc1cc(CC(F)(F)CN)cc(O)c1O. The first-order chi connectivity index (χ1) is 7.39. The van der Waals surface area contributed by atoms with Crippen LogP contribution in [-0.4, -0.2) is 29.8 Å². The van der Waals surface area contributed by atoms with Crippen molar-refractivity contribution in [1.82, 2.24) is 0 Å². The second kappa shape index (κ2) is 4.52. The van der Waals surface area contributed by atoms with Crippen molar-refractivity contribution in [1.29, 1.82) is 0 Å².